The molecule has 0 amide bonds. The van der Waals surface area contributed by atoms with Gasteiger partial charge in [-0.15, -0.1) is 11.6 Å². The van der Waals surface area contributed by atoms with Gasteiger partial charge < -0.3 is 4.74 Å². The van der Waals surface area contributed by atoms with E-state index in [-0.39, 0.29) is 0 Å². The maximum atomic E-state index is 5.79. The summed E-state index contributed by atoms with van der Waals surface area (Å²) in [6.07, 6.45) is 1.70. The lowest BCUT2D eigenvalue weighted by Gasteiger charge is -2.07. The van der Waals surface area contributed by atoms with E-state index >= 15 is 0 Å². The van der Waals surface area contributed by atoms with Gasteiger partial charge >= 0.3 is 6.01 Å². The Bertz CT molecular complexity index is 758. The second kappa shape index (κ2) is 5.47. The van der Waals surface area contributed by atoms with Crippen LogP contribution in [0.4, 0.5) is 0 Å². The Morgan fingerprint density at radius 1 is 1.10 bits per heavy atom. The van der Waals surface area contributed by atoms with Crippen LogP contribution >= 0.6 is 11.6 Å². The molecule has 0 aliphatic heterocycles. The number of aryl methyl sites for hydroxylation is 1. The number of halogens is 1. The van der Waals surface area contributed by atoms with Crippen LogP contribution in [0.3, 0.4) is 0 Å². The van der Waals surface area contributed by atoms with Crippen molar-refractivity contribution in [1.82, 2.24) is 9.97 Å². The Balaban J connectivity index is 1.90. The van der Waals surface area contributed by atoms with Gasteiger partial charge in [0.15, 0.2) is 0 Å². The van der Waals surface area contributed by atoms with Crippen molar-refractivity contribution in [2.45, 2.75) is 12.8 Å². The van der Waals surface area contributed by atoms with Gasteiger partial charge in [-0.25, -0.2) is 4.98 Å². The summed E-state index contributed by atoms with van der Waals surface area (Å²) in [7, 11) is 0. The molecule has 20 heavy (non-hydrogen) atoms. The largest absolute Gasteiger partial charge is 0.424 e. The third-order valence-corrected chi connectivity index (χ3v) is 3.42. The van der Waals surface area contributed by atoms with E-state index in [1.54, 1.807) is 6.20 Å². The molecule has 1 aromatic heterocycles. The highest BCUT2D eigenvalue weighted by Gasteiger charge is 2.05. The summed E-state index contributed by atoms with van der Waals surface area (Å²) in [6.45, 7) is 1.90. The Labute approximate surface area is 122 Å². The van der Waals surface area contributed by atoms with Gasteiger partial charge in [0, 0.05) is 17.5 Å². The van der Waals surface area contributed by atoms with Gasteiger partial charge in [0.05, 0.1) is 5.88 Å². The van der Waals surface area contributed by atoms with Crippen LogP contribution in [0.2, 0.25) is 0 Å². The number of hydrogen-bond acceptors (Lipinski definition) is 3. The van der Waals surface area contributed by atoms with Gasteiger partial charge in [-0.3, -0.25) is 0 Å². The summed E-state index contributed by atoms with van der Waals surface area (Å²) in [4.78, 5) is 8.47. The number of benzene rings is 2. The normalized spacial score (nSPS) is 10.7. The topological polar surface area (TPSA) is 35.0 Å². The molecule has 1 heterocycles. The quantitative estimate of drug-likeness (QED) is 0.666. The van der Waals surface area contributed by atoms with E-state index in [9.17, 15) is 0 Å². The number of ether oxygens (including phenoxy) is 1. The van der Waals surface area contributed by atoms with E-state index in [4.69, 9.17) is 16.3 Å². The maximum absolute atomic E-state index is 5.79. The number of nitrogens with zero attached hydrogens (tertiary/aromatic N) is 2. The molecule has 0 aliphatic rings. The monoisotopic (exact) mass is 284 g/mol. The van der Waals surface area contributed by atoms with Gasteiger partial charge in [0.25, 0.3) is 0 Å². The van der Waals surface area contributed by atoms with Gasteiger partial charge in [0.2, 0.25) is 0 Å². The van der Waals surface area contributed by atoms with E-state index in [2.05, 4.69) is 16.0 Å². The molecule has 0 atom stereocenters. The molecule has 2 aromatic carbocycles. The Morgan fingerprint density at radius 3 is 2.65 bits per heavy atom. The molecule has 4 heteroatoms. The molecule has 0 radical (unpaired) electrons. The van der Waals surface area contributed by atoms with Crippen molar-refractivity contribution in [2.24, 2.45) is 0 Å². The van der Waals surface area contributed by atoms with Crippen LogP contribution in [0, 0.1) is 6.92 Å². The van der Waals surface area contributed by atoms with E-state index in [0.29, 0.717) is 11.9 Å². The van der Waals surface area contributed by atoms with Crippen LogP contribution in [-0.2, 0) is 5.88 Å². The molecule has 100 valence electrons. The predicted octanol–water partition coefficient (Wildman–Crippen LogP) is 4.47. The lowest BCUT2D eigenvalue weighted by atomic mass is 10.1. The predicted molar refractivity (Wildman–Crippen MR) is 80.3 cm³/mol. The third-order valence-electron chi connectivity index (χ3n) is 3.13. The fourth-order valence-corrected chi connectivity index (χ4v) is 2.25. The fraction of sp³-hybridized carbons (Fsp3) is 0.125. The van der Waals surface area contributed by atoms with Gasteiger partial charge in [-0.2, -0.15) is 4.98 Å². The van der Waals surface area contributed by atoms with E-state index in [1.165, 1.54) is 5.39 Å². The standard InChI is InChI=1S/C16H13ClN2O/c1-11-14(9-17)10-18-16(19-11)20-15-7-6-12-4-2-3-5-13(12)8-15/h2-8,10H,9H2,1H3. The average Bonchev–Trinajstić information content (AvgIpc) is 2.47. The van der Waals surface area contributed by atoms with Crippen molar-refractivity contribution >= 4 is 22.4 Å². The zero-order valence-corrected chi connectivity index (χ0v) is 11.8. The van der Waals surface area contributed by atoms with Crippen LogP contribution in [0.5, 0.6) is 11.8 Å². The van der Waals surface area contributed by atoms with Crippen LogP contribution in [0.15, 0.2) is 48.7 Å². The van der Waals surface area contributed by atoms with Crippen molar-refractivity contribution in [3.63, 3.8) is 0 Å². The first kappa shape index (κ1) is 12.9. The van der Waals surface area contributed by atoms with Gasteiger partial charge in [-0.05, 0) is 29.8 Å². The van der Waals surface area contributed by atoms with Crippen molar-refractivity contribution in [2.75, 3.05) is 0 Å². The zero-order chi connectivity index (χ0) is 13.9. The number of aromatic nitrogens is 2. The fourth-order valence-electron chi connectivity index (χ4n) is 1.99. The van der Waals surface area contributed by atoms with Crippen LogP contribution in [-0.4, -0.2) is 9.97 Å². The molecule has 0 saturated heterocycles. The first-order chi connectivity index (χ1) is 9.76. The maximum Gasteiger partial charge on any atom is 0.322 e. The van der Waals surface area contributed by atoms with E-state index in [1.807, 2.05) is 43.3 Å². The SMILES string of the molecule is Cc1nc(Oc2ccc3ccccc3c2)ncc1CCl. The zero-order valence-electron chi connectivity index (χ0n) is 11.0. The lowest BCUT2D eigenvalue weighted by molar-refractivity contribution is 0.440. The highest BCUT2D eigenvalue weighted by Crippen LogP contribution is 2.24. The molecular formula is C16H13ClN2O. The third kappa shape index (κ3) is 2.58. The summed E-state index contributed by atoms with van der Waals surface area (Å²) < 4.78 is 5.70. The molecule has 0 N–H and O–H groups in total. The number of hydrogen-bond donors (Lipinski definition) is 0. The van der Waals surface area contributed by atoms with Crippen LogP contribution in [0.1, 0.15) is 11.3 Å². The summed E-state index contributed by atoms with van der Waals surface area (Å²) in [6, 6.07) is 14.4. The highest BCUT2D eigenvalue weighted by atomic mass is 35.5. The highest BCUT2D eigenvalue weighted by molar-refractivity contribution is 6.17. The summed E-state index contributed by atoms with van der Waals surface area (Å²) in [5, 5.41) is 2.30. The molecule has 0 spiro atoms. The molecule has 3 aromatic rings. The second-order valence-corrected chi connectivity index (χ2v) is 4.78. The molecule has 0 aliphatic carbocycles. The van der Waals surface area contributed by atoms with Crippen molar-refractivity contribution < 1.29 is 4.74 Å². The van der Waals surface area contributed by atoms with Crippen LogP contribution in [0.25, 0.3) is 10.8 Å². The Morgan fingerprint density at radius 2 is 1.90 bits per heavy atom. The molecule has 3 rings (SSSR count). The molecule has 3 nitrogen and oxygen atoms in total. The number of fused-ring (bicyclic) bond motifs is 1. The van der Waals surface area contributed by atoms with Gasteiger partial charge in [0.1, 0.15) is 5.75 Å². The molecule has 0 bridgehead atoms. The number of alkyl halides is 1. The summed E-state index contributed by atoms with van der Waals surface area (Å²) in [5.74, 6) is 1.13. The Kier molecular flexibility index (Phi) is 3.52. The molecule has 0 unspecified atom stereocenters. The minimum Gasteiger partial charge on any atom is -0.424 e. The van der Waals surface area contributed by atoms with Crippen molar-refractivity contribution in [1.29, 1.82) is 0 Å². The average molecular weight is 285 g/mol. The summed E-state index contributed by atoms with van der Waals surface area (Å²) >= 11 is 5.79. The smallest absolute Gasteiger partial charge is 0.322 e. The first-order valence-electron chi connectivity index (χ1n) is 6.31. The Hall–Kier alpha value is -2.13. The molecular weight excluding hydrogens is 272 g/mol. The van der Waals surface area contributed by atoms with Crippen molar-refractivity contribution in [3.05, 3.63) is 59.9 Å². The molecule has 0 fully saturated rings. The van der Waals surface area contributed by atoms with Crippen LogP contribution < -0.4 is 4.74 Å². The van der Waals surface area contributed by atoms with Gasteiger partial charge in [-0.1, -0.05) is 30.3 Å². The minimum absolute atomic E-state index is 0.339. The second-order valence-electron chi connectivity index (χ2n) is 4.51. The molecule has 0 saturated carbocycles. The van der Waals surface area contributed by atoms with E-state index in [0.717, 1.165) is 22.4 Å². The lowest BCUT2D eigenvalue weighted by Crippen LogP contribution is -1.97. The first-order valence-corrected chi connectivity index (χ1v) is 6.85. The minimum atomic E-state index is 0.339. The van der Waals surface area contributed by atoms with Crippen molar-refractivity contribution in [3.8, 4) is 11.8 Å². The summed E-state index contributed by atoms with van der Waals surface area (Å²) in [5.41, 5.74) is 1.75. The van der Waals surface area contributed by atoms with E-state index < -0.39 is 0 Å². The number of rotatable bonds is 3.